The number of hydrogen-bond donors (Lipinski definition) is 0. The molecule has 0 aromatic heterocycles. The second-order valence-corrected chi connectivity index (χ2v) is 9.11. The van der Waals surface area contributed by atoms with Crippen LogP contribution in [-0.2, 0) is 15.1 Å². The number of benzene rings is 2. The van der Waals surface area contributed by atoms with Crippen molar-refractivity contribution < 1.29 is 9.47 Å². The predicted octanol–water partition coefficient (Wildman–Crippen LogP) is 4.30. The fourth-order valence-electron chi connectivity index (χ4n) is 5.23. The molecule has 30 heavy (non-hydrogen) atoms. The smallest absolute Gasteiger partial charge is 0.139 e. The van der Waals surface area contributed by atoms with Crippen LogP contribution < -0.4 is 4.90 Å². The van der Waals surface area contributed by atoms with Crippen molar-refractivity contribution in [3.05, 3.63) is 71.8 Å². The van der Waals surface area contributed by atoms with E-state index in [1.54, 1.807) is 0 Å². The summed E-state index contributed by atoms with van der Waals surface area (Å²) < 4.78 is 11.4. The Labute approximate surface area is 180 Å². The zero-order valence-electron chi connectivity index (χ0n) is 18.1. The summed E-state index contributed by atoms with van der Waals surface area (Å²) in [7, 11) is 0. The summed E-state index contributed by atoms with van der Waals surface area (Å²) in [5.74, 6) is 1.44. The second-order valence-electron chi connectivity index (χ2n) is 9.11. The highest BCUT2D eigenvalue weighted by Crippen LogP contribution is 2.38. The van der Waals surface area contributed by atoms with Crippen molar-refractivity contribution >= 4 is 11.4 Å². The van der Waals surface area contributed by atoms with Crippen LogP contribution in [0.5, 0.6) is 0 Å². The average Bonchev–Trinajstić information content (AvgIpc) is 3.30. The third kappa shape index (κ3) is 3.42. The first-order valence-corrected chi connectivity index (χ1v) is 11.2. The average molecular weight is 405 g/mol. The van der Waals surface area contributed by atoms with E-state index in [1.165, 1.54) is 22.4 Å². The van der Waals surface area contributed by atoms with Crippen LogP contribution in [0.15, 0.2) is 55.1 Å². The van der Waals surface area contributed by atoms with Gasteiger partial charge in [0, 0.05) is 56.0 Å². The topological polar surface area (TPSA) is 24.9 Å². The molecule has 5 rings (SSSR count). The van der Waals surface area contributed by atoms with Gasteiger partial charge in [-0.3, -0.25) is 0 Å². The molecule has 0 spiro atoms. The molecule has 3 heterocycles. The van der Waals surface area contributed by atoms with Crippen molar-refractivity contribution in [1.82, 2.24) is 4.90 Å². The normalized spacial score (nSPS) is 24.6. The van der Waals surface area contributed by atoms with E-state index in [2.05, 4.69) is 71.8 Å². The van der Waals surface area contributed by atoms with Gasteiger partial charge < -0.3 is 19.3 Å². The first kappa shape index (κ1) is 19.7. The molecule has 2 aromatic rings. The van der Waals surface area contributed by atoms with E-state index >= 15 is 0 Å². The molecule has 2 unspecified atom stereocenters. The van der Waals surface area contributed by atoms with Gasteiger partial charge in [-0.15, -0.1) is 0 Å². The van der Waals surface area contributed by atoms with Gasteiger partial charge in [0.05, 0.1) is 13.2 Å². The molecule has 2 atom stereocenters. The van der Waals surface area contributed by atoms with Gasteiger partial charge in [-0.1, -0.05) is 48.5 Å². The summed E-state index contributed by atoms with van der Waals surface area (Å²) in [6, 6.07) is 17.7. The Bertz CT molecular complexity index is 888. The molecule has 0 saturated carbocycles. The highest BCUT2D eigenvalue weighted by molar-refractivity contribution is 5.63. The maximum atomic E-state index is 5.99. The van der Waals surface area contributed by atoms with E-state index < -0.39 is 0 Å². The van der Waals surface area contributed by atoms with Crippen molar-refractivity contribution in [3.63, 3.8) is 0 Å². The molecule has 0 aliphatic carbocycles. The lowest BCUT2D eigenvalue weighted by molar-refractivity contribution is -0.214. The predicted molar refractivity (Wildman–Crippen MR) is 122 cm³/mol. The fourth-order valence-corrected chi connectivity index (χ4v) is 5.23. The number of nitrogens with zero attached hydrogens (tertiary/aromatic N) is 2. The summed E-state index contributed by atoms with van der Waals surface area (Å²) in [5, 5.41) is 0. The highest BCUT2D eigenvalue weighted by Gasteiger charge is 2.42. The number of ether oxygens (including phenoxy) is 2. The molecule has 0 bridgehead atoms. The number of rotatable bonds is 6. The largest absolute Gasteiger partial charge is 0.375 e. The van der Waals surface area contributed by atoms with Gasteiger partial charge >= 0.3 is 0 Å². The third-order valence-electron chi connectivity index (χ3n) is 7.10. The summed E-state index contributed by atoms with van der Waals surface area (Å²) in [6.07, 6.45) is 0. The second kappa shape index (κ2) is 7.75. The van der Waals surface area contributed by atoms with Crippen LogP contribution in [0.4, 0.5) is 5.69 Å². The van der Waals surface area contributed by atoms with Gasteiger partial charge in [-0.2, -0.15) is 0 Å². The minimum absolute atomic E-state index is 0.251. The molecule has 0 amide bonds. The Morgan fingerprint density at radius 1 is 1.00 bits per heavy atom. The van der Waals surface area contributed by atoms with E-state index in [0.29, 0.717) is 19.8 Å². The van der Waals surface area contributed by atoms with Crippen molar-refractivity contribution in [1.29, 1.82) is 0 Å². The Morgan fingerprint density at radius 2 is 1.63 bits per heavy atom. The van der Waals surface area contributed by atoms with Gasteiger partial charge in [0.2, 0.25) is 0 Å². The quantitative estimate of drug-likeness (QED) is 0.717. The van der Waals surface area contributed by atoms with Crippen LogP contribution in [0.2, 0.25) is 0 Å². The molecule has 3 aliphatic heterocycles. The van der Waals surface area contributed by atoms with Gasteiger partial charge in [-0.05, 0) is 37.1 Å². The van der Waals surface area contributed by atoms with Crippen LogP contribution in [0.25, 0.3) is 5.70 Å². The van der Waals surface area contributed by atoms with Gasteiger partial charge in [0.15, 0.2) is 0 Å². The Kier molecular flexibility index (Phi) is 5.08. The van der Waals surface area contributed by atoms with Gasteiger partial charge in [0.1, 0.15) is 5.60 Å². The lowest BCUT2D eigenvalue weighted by Gasteiger charge is -2.41. The van der Waals surface area contributed by atoms with Crippen molar-refractivity contribution in [2.75, 3.05) is 50.9 Å². The molecule has 3 saturated heterocycles. The standard InChI is InChI=1S/C26H32N2O2/c1-4-30-26(17-29-18-26)24-9-7-21(8-10-24)20(3)27-13-22-15-28(16-23(22)14-27)25-11-5-19(2)6-12-25/h5-12,22-23H,3-4,13-18H2,1-2H3. The van der Waals surface area contributed by atoms with E-state index in [4.69, 9.17) is 9.47 Å². The number of aryl methyl sites for hydroxylation is 1. The van der Waals surface area contributed by atoms with E-state index in [0.717, 1.165) is 43.7 Å². The maximum absolute atomic E-state index is 5.99. The zero-order chi connectivity index (χ0) is 20.7. The lowest BCUT2D eigenvalue weighted by atomic mass is 9.90. The molecule has 2 aromatic carbocycles. The number of hydrogen-bond acceptors (Lipinski definition) is 4. The molecule has 0 radical (unpaired) electrons. The molecular formula is C26H32N2O2. The van der Waals surface area contributed by atoms with Crippen LogP contribution >= 0.6 is 0 Å². The minimum atomic E-state index is -0.251. The van der Waals surface area contributed by atoms with Gasteiger partial charge in [0.25, 0.3) is 0 Å². The molecule has 3 aliphatic rings. The van der Waals surface area contributed by atoms with Crippen LogP contribution in [0, 0.1) is 18.8 Å². The molecule has 158 valence electrons. The summed E-state index contributed by atoms with van der Waals surface area (Å²) in [5.41, 5.74) is 6.00. The Morgan fingerprint density at radius 3 is 2.17 bits per heavy atom. The number of anilines is 1. The minimum Gasteiger partial charge on any atom is -0.375 e. The van der Waals surface area contributed by atoms with Crippen molar-refractivity contribution in [2.24, 2.45) is 11.8 Å². The number of likely N-dealkylation sites (tertiary alicyclic amines) is 1. The SMILES string of the molecule is C=C(c1ccc(C2(OCC)COC2)cc1)N1CC2CN(c3ccc(C)cc3)CC2C1. The van der Waals surface area contributed by atoms with Crippen molar-refractivity contribution in [2.45, 2.75) is 19.4 Å². The summed E-state index contributed by atoms with van der Waals surface area (Å²) in [6.45, 7) is 15.1. The maximum Gasteiger partial charge on any atom is 0.139 e. The van der Waals surface area contributed by atoms with Gasteiger partial charge in [-0.25, -0.2) is 0 Å². The molecule has 0 N–H and O–H groups in total. The first-order valence-electron chi connectivity index (χ1n) is 11.2. The fraction of sp³-hybridized carbons (Fsp3) is 0.462. The summed E-state index contributed by atoms with van der Waals surface area (Å²) >= 11 is 0. The van der Waals surface area contributed by atoms with Crippen LogP contribution in [0.1, 0.15) is 23.6 Å². The third-order valence-corrected chi connectivity index (χ3v) is 7.10. The lowest BCUT2D eigenvalue weighted by Crippen LogP contribution is -2.49. The Hall–Kier alpha value is -2.30. The molecule has 4 nitrogen and oxygen atoms in total. The van der Waals surface area contributed by atoms with E-state index in [9.17, 15) is 0 Å². The molecular weight excluding hydrogens is 372 g/mol. The van der Waals surface area contributed by atoms with Crippen LogP contribution in [0.3, 0.4) is 0 Å². The molecule has 4 heteroatoms. The number of fused-ring (bicyclic) bond motifs is 1. The monoisotopic (exact) mass is 404 g/mol. The molecule has 3 fully saturated rings. The zero-order valence-corrected chi connectivity index (χ0v) is 18.1. The van der Waals surface area contributed by atoms with Crippen molar-refractivity contribution in [3.8, 4) is 0 Å². The first-order chi connectivity index (χ1) is 14.6. The van der Waals surface area contributed by atoms with E-state index in [1.807, 2.05) is 6.92 Å². The highest BCUT2D eigenvalue weighted by atomic mass is 16.6. The Balaban J connectivity index is 1.22. The summed E-state index contributed by atoms with van der Waals surface area (Å²) in [4.78, 5) is 5.04. The van der Waals surface area contributed by atoms with Crippen LogP contribution in [-0.4, -0.2) is 50.9 Å². The van der Waals surface area contributed by atoms with E-state index in [-0.39, 0.29) is 5.60 Å².